The number of hydrogen-bond acceptors (Lipinski definition) is 6. The Morgan fingerprint density at radius 1 is 0.973 bits per heavy atom. The van der Waals surface area contributed by atoms with Crippen molar-refractivity contribution < 1.29 is 23.6 Å². The van der Waals surface area contributed by atoms with E-state index in [0.29, 0.717) is 48.3 Å². The Balaban J connectivity index is 1.38. The minimum Gasteiger partial charge on any atom is -0.451 e. The molecule has 3 aromatic rings. The average Bonchev–Trinajstić information content (AvgIpc) is 3.34. The van der Waals surface area contributed by atoms with Crippen molar-refractivity contribution in [2.24, 2.45) is 0 Å². The van der Waals surface area contributed by atoms with E-state index in [0.717, 1.165) is 31.1 Å². The van der Waals surface area contributed by atoms with Crippen molar-refractivity contribution in [3.8, 4) is 0 Å². The van der Waals surface area contributed by atoms with Gasteiger partial charge in [0, 0.05) is 35.3 Å². The maximum Gasteiger partial charge on any atom is 0.287 e. The van der Waals surface area contributed by atoms with Gasteiger partial charge in [0.15, 0.2) is 17.3 Å². The number of nitrogens with zero attached hydrogens (tertiary/aromatic N) is 1. The number of amides is 2. The minimum atomic E-state index is -1.08. The van der Waals surface area contributed by atoms with E-state index in [9.17, 15) is 19.2 Å². The Labute approximate surface area is 215 Å². The van der Waals surface area contributed by atoms with E-state index in [1.165, 1.54) is 6.92 Å². The van der Waals surface area contributed by atoms with Crippen LogP contribution in [0, 0.1) is 0 Å². The number of carbonyl (C=O) groups excluding carboxylic acids is 4. The maximum atomic E-state index is 13.6. The van der Waals surface area contributed by atoms with E-state index in [1.54, 1.807) is 30.3 Å². The summed E-state index contributed by atoms with van der Waals surface area (Å²) in [6, 6.07) is 14.3. The first kappa shape index (κ1) is 24.7. The molecule has 2 aliphatic rings. The van der Waals surface area contributed by atoms with Crippen LogP contribution in [0.5, 0.6) is 0 Å². The normalized spacial score (nSPS) is 17.4. The summed E-state index contributed by atoms with van der Waals surface area (Å²) in [4.78, 5) is 53.2. The van der Waals surface area contributed by atoms with Gasteiger partial charge in [0.1, 0.15) is 11.1 Å². The summed E-state index contributed by atoms with van der Waals surface area (Å²) in [5.41, 5.74) is 1.16. The highest BCUT2D eigenvalue weighted by Crippen LogP contribution is 2.32. The molecule has 1 aliphatic carbocycles. The lowest BCUT2D eigenvalue weighted by Crippen LogP contribution is -2.57. The fourth-order valence-corrected chi connectivity index (χ4v) is 5.40. The average molecular weight is 502 g/mol. The zero-order chi connectivity index (χ0) is 26.0. The second-order valence-electron chi connectivity index (χ2n) is 10.1. The Hall–Kier alpha value is -3.94. The number of ketones is 2. The van der Waals surface area contributed by atoms with Crippen molar-refractivity contribution in [2.45, 2.75) is 57.4 Å². The van der Waals surface area contributed by atoms with Gasteiger partial charge in [0.2, 0.25) is 5.91 Å². The van der Waals surface area contributed by atoms with Crippen molar-refractivity contribution in [2.75, 3.05) is 23.3 Å². The Morgan fingerprint density at radius 3 is 2.49 bits per heavy atom. The van der Waals surface area contributed by atoms with Crippen molar-refractivity contribution in [1.82, 2.24) is 5.32 Å². The van der Waals surface area contributed by atoms with Crippen LogP contribution in [0.1, 0.15) is 72.8 Å². The molecule has 2 amide bonds. The fraction of sp³-hybridized carbons (Fsp3) is 0.379. The molecule has 2 N–H and O–H groups in total. The van der Waals surface area contributed by atoms with Crippen molar-refractivity contribution >= 4 is 45.7 Å². The number of hydrogen-bond donors (Lipinski definition) is 2. The molecule has 0 unspecified atom stereocenters. The van der Waals surface area contributed by atoms with Crippen LogP contribution in [0.4, 0.5) is 11.4 Å². The number of benzene rings is 2. The molecule has 2 heterocycles. The van der Waals surface area contributed by atoms with E-state index in [1.807, 2.05) is 23.1 Å². The second kappa shape index (κ2) is 10.2. The number of rotatable bonds is 6. The van der Waals surface area contributed by atoms with Gasteiger partial charge in [-0.15, -0.1) is 0 Å². The molecular weight excluding hydrogens is 470 g/mol. The molecule has 1 aliphatic heterocycles. The van der Waals surface area contributed by atoms with Crippen LogP contribution >= 0.6 is 0 Å². The predicted molar refractivity (Wildman–Crippen MR) is 141 cm³/mol. The van der Waals surface area contributed by atoms with Crippen LogP contribution in [0.15, 0.2) is 52.9 Å². The summed E-state index contributed by atoms with van der Waals surface area (Å²) in [7, 11) is 0. The Morgan fingerprint density at radius 2 is 1.76 bits per heavy atom. The number of anilines is 2. The van der Waals surface area contributed by atoms with E-state index in [2.05, 4.69) is 10.6 Å². The first-order valence-electron chi connectivity index (χ1n) is 12.9. The molecule has 1 saturated carbocycles. The number of furan rings is 1. The smallest absolute Gasteiger partial charge is 0.287 e. The molecule has 0 spiro atoms. The number of para-hydroxylation sites is 1. The topological polar surface area (TPSA) is 109 Å². The largest absolute Gasteiger partial charge is 0.451 e. The highest BCUT2D eigenvalue weighted by molar-refractivity contribution is 6.06. The van der Waals surface area contributed by atoms with Gasteiger partial charge in [-0.2, -0.15) is 0 Å². The van der Waals surface area contributed by atoms with E-state index in [4.69, 9.17) is 4.42 Å². The van der Waals surface area contributed by atoms with Gasteiger partial charge < -0.3 is 20.0 Å². The third-order valence-electron chi connectivity index (χ3n) is 7.37. The first-order valence-corrected chi connectivity index (χ1v) is 12.9. The van der Waals surface area contributed by atoms with Gasteiger partial charge >= 0.3 is 0 Å². The Kier molecular flexibility index (Phi) is 6.82. The first-order chi connectivity index (χ1) is 17.8. The number of fused-ring (bicyclic) bond motifs is 1. The van der Waals surface area contributed by atoms with Gasteiger partial charge in [-0.05, 0) is 56.5 Å². The molecule has 8 heteroatoms. The van der Waals surface area contributed by atoms with Crippen molar-refractivity contribution in [1.29, 1.82) is 0 Å². The molecule has 2 fully saturated rings. The number of Topliss-reactive ketones (excluding diaryl/α,β-unsaturated/α-hetero) is 2. The van der Waals surface area contributed by atoms with E-state index < -0.39 is 11.4 Å². The number of piperidine rings is 1. The summed E-state index contributed by atoms with van der Waals surface area (Å²) in [6.07, 6.45) is 4.96. The number of nitrogens with one attached hydrogen (secondary N) is 2. The monoisotopic (exact) mass is 501 g/mol. The molecule has 37 heavy (non-hydrogen) atoms. The molecule has 1 saturated heterocycles. The molecular formula is C29H31N3O5. The second-order valence-corrected chi connectivity index (χ2v) is 10.1. The Bertz CT molecular complexity index is 1340. The molecule has 5 rings (SSSR count). The highest BCUT2D eigenvalue weighted by Gasteiger charge is 2.41. The quantitative estimate of drug-likeness (QED) is 0.466. The van der Waals surface area contributed by atoms with Gasteiger partial charge in [-0.1, -0.05) is 37.5 Å². The van der Waals surface area contributed by atoms with Crippen LogP contribution in [-0.4, -0.2) is 42.0 Å². The minimum absolute atomic E-state index is 0.144. The fourth-order valence-electron chi connectivity index (χ4n) is 5.40. The summed E-state index contributed by atoms with van der Waals surface area (Å²) in [6.45, 7) is 2.46. The number of carbonyl (C=O) groups is 4. The van der Waals surface area contributed by atoms with Crippen LogP contribution in [0.3, 0.4) is 0 Å². The van der Waals surface area contributed by atoms with Gasteiger partial charge in [0.05, 0.1) is 6.54 Å². The highest BCUT2D eigenvalue weighted by atomic mass is 16.3. The maximum absolute atomic E-state index is 13.6. The zero-order valence-electron chi connectivity index (χ0n) is 21.0. The van der Waals surface area contributed by atoms with Gasteiger partial charge in [-0.25, -0.2) is 0 Å². The lowest BCUT2D eigenvalue weighted by atomic mass is 9.80. The third kappa shape index (κ3) is 5.14. The summed E-state index contributed by atoms with van der Waals surface area (Å²) in [5.74, 6) is -0.569. The molecule has 0 bridgehead atoms. The van der Waals surface area contributed by atoms with Crippen molar-refractivity contribution in [3.05, 3.63) is 59.9 Å². The third-order valence-corrected chi connectivity index (χ3v) is 7.37. The van der Waals surface area contributed by atoms with Crippen molar-refractivity contribution in [3.63, 3.8) is 0 Å². The summed E-state index contributed by atoms with van der Waals surface area (Å²) < 4.78 is 5.72. The van der Waals surface area contributed by atoms with Crippen LogP contribution < -0.4 is 15.5 Å². The molecule has 0 radical (unpaired) electrons. The van der Waals surface area contributed by atoms with Gasteiger partial charge in [0.25, 0.3) is 5.91 Å². The molecule has 2 aromatic carbocycles. The van der Waals surface area contributed by atoms with Crippen LogP contribution in [-0.2, 0) is 9.59 Å². The lowest BCUT2D eigenvalue weighted by Gasteiger charge is -2.36. The molecule has 0 atom stereocenters. The summed E-state index contributed by atoms with van der Waals surface area (Å²) in [5, 5.41) is 6.75. The van der Waals surface area contributed by atoms with Crippen LogP contribution in [0.25, 0.3) is 11.0 Å². The van der Waals surface area contributed by atoms with E-state index >= 15 is 0 Å². The summed E-state index contributed by atoms with van der Waals surface area (Å²) >= 11 is 0. The molecule has 8 nitrogen and oxygen atoms in total. The lowest BCUT2D eigenvalue weighted by molar-refractivity contribution is -0.123. The predicted octanol–water partition coefficient (Wildman–Crippen LogP) is 4.88. The SMILES string of the molecule is CC(=O)c1cc(NC(=O)C2(NC(=O)c3cc4ccccc4o3)CCCCC2)ccc1N1CCCC(=O)C1. The molecule has 1 aromatic heterocycles. The zero-order valence-corrected chi connectivity index (χ0v) is 21.0. The van der Waals surface area contributed by atoms with Gasteiger partial charge in [-0.3, -0.25) is 19.2 Å². The standard InChI is InChI=1S/C29H31N3O5/c1-19(33)23-17-21(11-12-24(23)32-15-7-9-22(34)18-32)30-28(36)29(13-5-2-6-14-29)31-27(35)26-16-20-8-3-4-10-25(20)37-26/h3-4,8,10-12,16-17H,2,5-7,9,13-15,18H2,1H3,(H,30,36)(H,31,35). The molecule has 192 valence electrons. The van der Waals surface area contributed by atoms with Crippen LogP contribution in [0.2, 0.25) is 0 Å². The van der Waals surface area contributed by atoms with E-state index in [-0.39, 0.29) is 29.8 Å².